The largest absolute Gasteiger partial charge is 0.332 e. The van der Waals surface area contributed by atoms with Gasteiger partial charge in [0.25, 0.3) is 15.9 Å². The number of anilines is 2. The van der Waals surface area contributed by atoms with Crippen molar-refractivity contribution in [2.24, 2.45) is 0 Å². The molecule has 3 rings (SSSR count). The highest BCUT2D eigenvalue weighted by atomic mass is 32.2. The van der Waals surface area contributed by atoms with Gasteiger partial charge in [-0.2, -0.15) is 0 Å². The zero-order valence-electron chi connectivity index (χ0n) is 18.1. The molecule has 0 bridgehead atoms. The summed E-state index contributed by atoms with van der Waals surface area (Å²) in [4.78, 5) is 25.7. The van der Waals surface area contributed by atoms with E-state index in [1.165, 1.54) is 38.4 Å². The molecule has 11 heteroatoms. The van der Waals surface area contributed by atoms with Gasteiger partial charge < -0.3 is 10.2 Å². The summed E-state index contributed by atoms with van der Waals surface area (Å²) in [5, 5.41) is 2.07. The van der Waals surface area contributed by atoms with Crippen molar-refractivity contribution in [1.82, 2.24) is 4.90 Å². The summed E-state index contributed by atoms with van der Waals surface area (Å²) < 4.78 is 66.8. The number of carbonyl (C=O) groups excluding carboxylic acids is 2. The Morgan fingerprint density at radius 3 is 2.09 bits per heavy atom. The van der Waals surface area contributed by atoms with Gasteiger partial charge in [-0.05, 0) is 48.5 Å². The molecule has 2 amide bonds. The van der Waals surface area contributed by atoms with Crippen molar-refractivity contribution in [2.75, 3.05) is 30.3 Å². The Labute approximate surface area is 194 Å². The minimum absolute atomic E-state index is 0.0374. The Balaban J connectivity index is 1.68. The van der Waals surface area contributed by atoms with E-state index in [4.69, 9.17) is 0 Å². The van der Waals surface area contributed by atoms with Crippen molar-refractivity contribution in [1.29, 1.82) is 0 Å². The highest BCUT2D eigenvalue weighted by Crippen LogP contribution is 2.22. The van der Waals surface area contributed by atoms with Crippen LogP contribution >= 0.6 is 0 Å². The van der Waals surface area contributed by atoms with Crippen LogP contribution < -0.4 is 9.62 Å². The first-order valence-electron chi connectivity index (χ1n) is 9.85. The molecule has 34 heavy (non-hydrogen) atoms. The lowest BCUT2D eigenvalue weighted by Crippen LogP contribution is -2.35. The molecule has 178 valence electrons. The van der Waals surface area contributed by atoms with Crippen molar-refractivity contribution >= 4 is 33.2 Å². The summed E-state index contributed by atoms with van der Waals surface area (Å²) >= 11 is 0. The lowest BCUT2D eigenvalue weighted by atomic mass is 10.2. The van der Waals surface area contributed by atoms with E-state index in [0.717, 1.165) is 15.3 Å². The molecule has 0 spiro atoms. The standard InChI is InChI=1S/C23H20F3N3O4S/c1-28(14-20(30)27-19-13-12-18(24)21(25)22(19)26)23(31)15-8-10-17(11-9-15)34(32,33)29(2)16-6-4-3-5-7-16/h3-13H,14H2,1-2H3,(H,27,30). The van der Waals surface area contributed by atoms with Crippen LogP contribution in [0, 0.1) is 17.5 Å². The fourth-order valence-electron chi connectivity index (χ4n) is 3.02. The molecular formula is C23H20F3N3O4S. The lowest BCUT2D eigenvalue weighted by Gasteiger charge is -2.20. The first kappa shape index (κ1) is 24.8. The van der Waals surface area contributed by atoms with Gasteiger partial charge in [0.2, 0.25) is 5.91 Å². The summed E-state index contributed by atoms with van der Waals surface area (Å²) in [6.07, 6.45) is 0. The van der Waals surface area contributed by atoms with E-state index >= 15 is 0 Å². The van der Waals surface area contributed by atoms with Crippen molar-refractivity contribution < 1.29 is 31.2 Å². The maximum absolute atomic E-state index is 13.7. The molecule has 0 unspecified atom stereocenters. The fraction of sp³-hybridized carbons (Fsp3) is 0.130. The number of likely N-dealkylation sites (N-methyl/N-ethyl adjacent to an activating group) is 1. The summed E-state index contributed by atoms with van der Waals surface area (Å²) in [6, 6.07) is 15.1. The molecule has 0 radical (unpaired) electrons. The zero-order valence-corrected chi connectivity index (χ0v) is 18.9. The van der Waals surface area contributed by atoms with E-state index in [2.05, 4.69) is 5.32 Å². The molecule has 0 atom stereocenters. The van der Waals surface area contributed by atoms with Gasteiger partial charge in [0.15, 0.2) is 17.5 Å². The van der Waals surface area contributed by atoms with Crippen molar-refractivity contribution in [3.8, 4) is 0 Å². The topological polar surface area (TPSA) is 86.8 Å². The van der Waals surface area contributed by atoms with Gasteiger partial charge in [-0.1, -0.05) is 18.2 Å². The number of benzene rings is 3. The van der Waals surface area contributed by atoms with Gasteiger partial charge in [-0.25, -0.2) is 21.6 Å². The minimum atomic E-state index is -3.87. The molecule has 0 aliphatic rings. The average molecular weight is 491 g/mol. The van der Waals surface area contributed by atoms with Crippen molar-refractivity contribution in [3.05, 3.63) is 89.7 Å². The SMILES string of the molecule is CN(CC(=O)Nc1ccc(F)c(F)c1F)C(=O)c1ccc(S(=O)(=O)N(C)c2ccccc2)cc1. The van der Waals surface area contributed by atoms with Gasteiger partial charge in [0.1, 0.15) is 0 Å². The van der Waals surface area contributed by atoms with Crippen molar-refractivity contribution in [2.45, 2.75) is 4.90 Å². The fourth-order valence-corrected chi connectivity index (χ4v) is 4.22. The number of nitrogens with zero attached hydrogens (tertiary/aromatic N) is 2. The number of rotatable bonds is 7. The Morgan fingerprint density at radius 2 is 1.47 bits per heavy atom. The third-order valence-electron chi connectivity index (χ3n) is 4.92. The molecule has 0 aliphatic carbocycles. The van der Waals surface area contributed by atoms with Gasteiger partial charge in [-0.3, -0.25) is 13.9 Å². The van der Waals surface area contributed by atoms with E-state index in [1.54, 1.807) is 30.3 Å². The molecule has 3 aromatic carbocycles. The van der Waals surface area contributed by atoms with Gasteiger partial charge in [-0.15, -0.1) is 0 Å². The maximum Gasteiger partial charge on any atom is 0.264 e. The molecule has 0 heterocycles. The molecular weight excluding hydrogens is 471 g/mol. The predicted octanol–water partition coefficient (Wildman–Crippen LogP) is 3.64. The Morgan fingerprint density at radius 1 is 0.853 bits per heavy atom. The Hall–Kier alpha value is -3.86. The first-order valence-corrected chi connectivity index (χ1v) is 11.3. The van der Waals surface area contributed by atoms with Crippen molar-refractivity contribution in [3.63, 3.8) is 0 Å². The normalized spacial score (nSPS) is 11.1. The van der Waals surface area contributed by atoms with Crippen LogP contribution in [0.2, 0.25) is 0 Å². The molecule has 3 aromatic rings. The molecule has 7 nitrogen and oxygen atoms in total. The van der Waals surface area contributed by atoms with E-state index in [9.17, 15) is 31.2 Å². The minimum Gasteiger partial charge on any atom is -0.332 e. The molecule has 0 saturated carbocycles. The summed E-state index contributed by atoms with van der Waals surface area (Å²) in [5.41, 5.74) is 0.00309. The molecule has 0 aliphatic heterocycles. The van der Waals surface area contributed by atoms with Gasteiger partial charge in [0, 0.05) is 19.7 Å². The van der Waals surface area contributed by atoms with Crippen LogP contribution in [0.3, 0.4) is 0 Å². The summed E-state index contributed by atoms with van der Waals surface area (Å²) in [5.74, 6) is -6.14. The number of para-hydroxylation sites is 1. The number of amides is 2. The van der Waals surface area contributed by atoms with E-state index < -0.39 is 51.5 Å². The molecule has 0 saturated heterocycles. The maximum atomic E-state index is 13.7. The van der Waals surface area contributed by atoms with E-state index in [0.29, 0.717) is 11.8 Å². The third kappa shape index (κ3) is 5.20. The van der Waals surface area contributed by atoms with Crippen LogP contribution in [0.15, 0.2) is 71.6 Å². The summed E-state index contributed by atoms with van der Waals surface area (Å²) in [7, 11) is -1.16. The number of nitrogens with one attached hydrogen (secondary N) is 1. The monoisotopic (exact) mass is 491 g/mol. The highest BCUT2D eigenvalue weighted by Gasteiger charge is 2.23. The molecule has 0 aromatic heterocycles. The quantitative estimate of drug-likeness (QED) is 0.512. The third-order valence-corrected chi connectivity index (χ3v) is 6.72. The number of carbonyl (C=O) groups is 2. The van der Waals surface area contributed by atoms with E-state index in [-0.39, 0.29) is 10.5 Å². The number of hydrogen-bond donors (Lipinski definition) is 1. The van der Waals surface area contributed by atoms with Crippen LogP contribution in [0.4, 0.5) is 24.5 Å². The molecule has 0 fully saturated rings. The zero-order chi connectivity index (χ0) is 25.0. The number of halogens is 3. The second-order valence-corrected chi connectivity index (χ2v) is 9.23. The average Bonchev–Trinajstić information content (AvgIpc) is 2.84. The van der Waals surface area contributed by atoms with E-state index in [1.807, 2.05) is 0 Å². The predicted molar refractivity (Wildman–Crippen MR) is 120 cm³/mol. The first-order chi connectivity index (χ1) is 16.0. The Kier molecular flexibility index (Phi) is 7.26. The molecule has 1 N–H and O–H groups in total. The van der Waals surface area contributed by atoms with Crippen LogP contribution in [-0.4, -0.2) is 45.8 Å². The summed E-state index contributed by atoms with van der Waals surface area (Å²) in [6.45, 7) is -0.520. The number of sulfonamides is 1. The lowest BCUT2D eigenvalue weighted by molar-refractivity contribution is -0.116. The van der Waals surface area contributed by atoms with Gasteiger partial charge in [0.05, 0.1) is 22.8 Å². The van der Waals surface area contributed by atoms with Crippen LogP contribution in [-0.2, 0) is 14.8 Å². The van der Waals surface area contributed by atoms with Crippen LogP contribution in [0.5, 0.6) is 0 Å². The Bertz CT molecular complexity index is 1320. The number of hydrogen-bond acceptors (Lipinski definition) is 4. The second kappa shape index (κ2) is 9.96. The smallest absolute Gasteiger partial charge is 0.264 e. The highest BCUT2D eigenvalue weighted by molar-refractivity contribution is 7.92. The second-order valence-electron chi connectivity index (χ2n) is 7.26. The van der Waals surface area contributed by atoms with Gasteiger partial charge >= 0.3 is 0 Å². The van der Waals surface area contributed by atoms with Crippen LogP contribution in [0.1, 0.15) is 10.4 Å². The van der Waals surface area contributed by atoms with Crippen LogP contribution in [0.25, 0.3) is 0 Å².